The number of carbonyl (C=O) groups is 1. The van der Waals surface area contributed by atoms with Crippen LogP contribution in [0, 0.1) is 17.0 Å². The van der Waals surface area contributed by atoms with Crippen LogP contribution in [0.4, 0.5) is 5.69 Å². The number of nitro benzene ring substituents is 1. The number of nitrogens with one attached hydrogen (secondary N) is 1. The van der Waals surface area contributed by atoms with E-state index in [1.54, 1.807) is 43.3 Å². The Morgan fingerprint density at radius 2 is 1.80 bits per heavy atom. The van der Waals surface area contributed by atoms with Gasteiger partial charge in [-0.3, -0.25) is 14.9 Å². The second-order valence-electron chi connectivity index (χ2n) is 6.95. The summed E-state index contributed by atoms with van der Waals surface area (Å²) in [5, 5.41) is 14.0. The van der Waals surface area contributed by atoms with Crippen molar-refractivity contribution in [2.24, 2.45) is 0 Å². The number of aryl methyl sites for hydroxylation is 1. The SMILES string of the molecule is Cc1cccc(C(=O)NCc2ccccc2CS(=O)(=O)N2CCOCC2)c1[N+](=O)[O-]. The Kier molecular flexibility index (Phi) is 6.80. The fourth-order valence-corrected chi connectivity index (χ4v) is 4.90. The lowest BCUT2D eigenvalue weighted by Gasteiger charge is -2.26. The molecule has 0 unspecified atom stereocenters. The third-order valence-electron chi connectivity index (χ3n) is 4.92. The van der Waals surface area contributed by atoms with Gasteiger partial charge in [-0.1, -0.05) is 36.4 Å². The van der Waals surface area contributed by atoms with Crippen molar-refractivity contribution in [3.63, 3.8) is 0 Å². The molecule has 1 amide bonds. The van der Waals surface area contributed by atoms with Gasteiger partial charge in [0.1, 0.15) is 5.56 Å². The number of sulfonamides is 1. The quantitative estimate of drug-likeness (QED) is 0.527. The highest BCUT2D eigenvalue weighted by Crippen LogP contribution is 2.23. The van der Waals surface area contributed by atoms with E-state index >= 15 is 0 Å². The van der Waals surface area contributed by atoms with Crippen molar-refractivity contribution in [2.45, 2.75) is 19.2 Å². The first-order chi connectivity index (χ1) is 14.3. The third-order valence-corrected chi connectivity index (χ3v) is 6.75. The van der Waals surface area contributed by atoms with Crippen molar-refractivity contribution in [2.75, 3.05) is 26.3 Å². The van der Waals surface area contributed by atoms with Crippen molar-refractivity contribution in [1.82, 2.24) is 9.62 Å². The van der Waals surface area contributed by atoms with Crippen LogP contribution in [0.2, 0.25) is 0 Å². The number of amides is 1. The molecule has 0 bridgehead atoms. The van der Waals surface area contributed by atoms with Gasteiger partial charge < -0.3 is 10.1 Å². The minimum absolute atomic E-state index is 0.0292. The minimum atomic E-state index is -3.52. The van der Waals surface area contributed by atoms with Crippen LogP contribution in [0.25, 0.3) is 0 Å². The van der Waals surface area contributed by atoms with E-state index < -0.39 is 20.9 Å². The summed E-state index contributed by atoms with van der Waals surface area (Å²) < 4.78 is 32.1. The van der Waals surface area contributed by atoms with E-state index in [9.17, 15) is 23.3 Å². The average molecular weight is 433 g/mol. The molecule has 2 aromatic rings. The molecule has 0 saturated carbocycles. The number of hydrogen-bond acceptors (Lipinski definition) is 6. The molecule has 0 aromatic heterocycles. The fourth-order valence-electron chi connectivity index (χ4n) is 3.34. The molecular formula is C20H23N3O6S. The lowest BCUT2D eigenvalue weighted by atomic mass is 10.1. The normalized spacial score (nSPS) is 15.0. The molecule has 2 aromatic carbocycles. The first-order valence-corrected chi connectivity index (χ1v) is 11.0. The smallest absolute Gasteiger partial charge is 0.285 e. The second-order valence-corrected chi connectivity index (χ2v) is 8.92. The largest absolute Gasteiger partial charge is 0.379 e. The highest BCUT2D eigenvalue weighted by atomic mass is 32.2. The lowest BCUT2D eigenvalue weighted by molar-refractivity contribution is -0.385. The summed E-state index contributed by atoms with van der Waals surface area (Å²) in [5.74, 6) is -0.778. The molecule has 0 radical (unpaired) electrons. The predicted molar refractivity (Wildman–Crippen MR) is 110 cm³/mol. The van der Waals surface area contributed by atoms with Gasteiger partial charge in [-0.2, -0.15) is 4.31 Å². The number of carbonyl (C=O) groups excluding carboxylic acids is 1. The summed E-state index contributed by atoms with van der Waals surface area (Å²) in [6.45, 7) is 2.99. The number of para-hydroxylation sites is 1. The van der Waals surface area contributed by atoms with Gasteiger partial charge in [0.15, 0.2) is 0 Å². The number of benzene rings is 2. The molecule has 0 spiro atoms. The van der Waals surface area contributed by atoms with E-state index in [1.165, 1.54) is 10.4 Å². The van der Waals surface area contributed by atoms with Gasteiger partial charge in [0.2, 0.25) is 10.0 Å². The van der Waals surface area contributed by atoms with Gasteiger partial charge in [-0.25, -0.2) is 8.42 Å². The Hall–Kier alpha value is -2.82. The van der Waals surface area contributed by atoms with Gasteiger partial charge >= 0.3 is 0 Å². The number of hydrogen-bond donors (Lipinski definition) is 1. The second kappa shape index (κ2) is 9.33. The molecule has 0 aliphatic carbocycles. The predicted octanol–water partition coefficient (Wildman–Crippen LogP) is 2.00. The highest BCUT2D eigenvalue weighted by molar-refractivity contribution is 7.88. The van der Waals surface area contributed by atoms with Crippen molar-refractivity contribution in [3.05, 3.63) is 74.8 Å². The van der Waals surface area contributed by atoms with E-state index in [0.29, 0.717) is 43.0 Å². The standard InChI is InChI=1S/C20H23N3O6S/c1-15-5-4-8-18(19(15)23(25)26)20(24)21-13-16-6-2-3-7-17(16)14-30(27,28)22-9-11-29-12-10-22/h2-8H,9-14H2,1H3,(H,21,24). The van der Waals surface area contributed by atoms with E-state index in [1.807, 2.05) is 0 Å². The van der Waals surface area contributed by atoms with Crippen LogP contribution in [0.5, 0.6) is 0 Å². The van der Waals surface area contributed by atoms with Gasteiger partial charge in [-0.15, -0.1) is 0 Å². The summed E-state index contributed by atoms with van der Waals surface area (Å²) >= 11 is 0. The Morgan fingerprint density at radius 3 is 2.47 bits per heavy atom. The van der Waals surface area contributed by atoms with Crippen LogP contribution in [0.15, 0.2) is 42.5 Å². The number of nitro groups is 1. The van der Waals surface area contributed by atoms with Gasteiger partial charge in [-0.05, 0) is 24.1 Å². The van der Waals surface area contributed by atoms with Gasteiger partial charge in [0.25, 0.3) is 11.6 Å². The number of morpholine rings is 1. The number of ether oxygens (including phenoxy) is 1. The minimum Gasteiger partial charge on any atom is -0.379 e. The molecule has 1 N–H and O–H groups in total. The molecule has 1 aliphatic heterocycles. The van der Waals surface area contributed by atoms with Crippen LogP contribution in [0.3, 0.4) is 0 Å². The Bertz CT molecular complexity index is 1050. The van der Waals surface area contributed by atoms with Gasteiger partial charge in [0.05, 0.1) is 23.9 Å². The zero-order valence-corrected chi connectivity index (χ0v) is 17.4. The Labute approximate surface area is 174 Å². The number of nitrogens with zero attached hydrogens (tertiary/aromatic N) is 2. The van der Waals surface area contributed by atoms with Crippen molar-refractivity contribution >= 4 is 21.6 Å². The summed E-state index contributed by atoms with van der Waals surface area (Å²) in [4.78, 5) is 23.3. The van der Waals surface area contributed by atoms with Crippen molar-refractivity contribution in [1.29, 1.82) is 0 Å². The Balaban J connectivity index is 1.75. The lowest BCUT2D eigenvalue weighted by Crippen LogP contribution is -2.41. The monoisotopic (exact) mass is 433 g/mol. The van der Waals surface area contributed by atoms with Crippen LogP contribution in [-0.2, 0) is 27.1 Å². The van der Waals surface area contributed by atoms with Crippen LogP contribution in [-0.4, -0.2) is 49.9 Å². The maximum Gasteiger partial charge on any atom is 0.285 e. The zero-order chi connectivity index (χ0) is 21.7. The molecule has 10 heteroatoms. The first-order valence-electron chi connectivity index (χ1n) is 9.44. The average Bonchev–Trinajstić information content (AvgIpc) is 2.73. The fraction of sp³-hybridized carbons (Fsp3) is 0.350. The third kappa shape index (κ3) is 5.02. The maximum absolute atomic E-state index is 12.7. The maximum atomic E-state index is 12.7. The van der Waals surface area contributed by atoms with Crippen molar-refractivity contribution < 1.29 is 22.9 Å². The summed E-state index contributed by atoms with van der Waals surface area (Å²) in [5.41, 5.74) is 1.34. The molecule has 1 fully saturated rings. The molecule has 30 heavy (non-hydrogen) atoms. The van der Waals surface area contributed by atoms with Crippen molar-refractivity contribution in [3.8, 4) is 0 Å². The van der Waals surface area contributed by atoms with E-state index in [2.05, 4.69) is 5.32 Å². The molecule has 0 atom stereocenters. The molecular weight excluding hydrogens is 410 g/mol. The molecule has 1 aliphatic rings. The molecule has 3 rings (SSSR count). The highest BCUT2D eigenvalue weighted by Gasteiger charge is 2.26. The molecule has 1 saturated heterocycles. The molecule has 9 nitrogen and oxygen atoms in total. The van der Waals surface area contributed by atoms with Crippen LogP contribution in [0.1, 0.15) is 27.0 Å². The Morgan fingerprint density at radius 1 is 1.13 bits per heavy atom. The summed E-state index contributed by atoms with van der Waals surface area (Å²) in [7, 11) is -3.52. The first kappa shape index (κ1) is 21.9. The van der Waals surface area contributed by atoms with E-state index in [4.69, 9.17) is 4.74 Å². The van der Waals surface area contributed by atoms with E-state index in [0.717, 1.165) is 0 Å². The summed E-state index contributed by atoms with van der Waals surface area (Å²) in [6, 6.07) is 11.5. The zero-order valence-electron chi connectivity index (χ0n) is 16.5. The van der Waals surface area contributed by atoms with Crippen LogP contribution < -0.4 is 5.32 Å². The van der Waals surface area contributed by atoms with Gasteiger partial charge in [0, 0.05) is 25.2 Å². The molecule has 160 valence electrons. The van der Waals surface area contributed by atoms with Crippen LogP contribution >= 0.6 is 0 Å². The number of rotatable bonds is 7. The summed E-state index contributed by atoms with van der Waals surface area (Å²) in [6.07, 6.45) is 0. The topological polar surface area (TPSA) is 119 Å². The van der Waals surface area contributed by atoms with E-state index in [-0.39, 0.29) is 23.5 Å². The molecule has 1 heterocycles.